The highest BCUT2D eigenvalue weighted by Crippen LogP contribution is 2.33. The van der Waals surface area contributed by atoms with Gasteiger partial charge in [-0.1, -0.05) is 19.1 Å². The van der Waals surface area contributed by atoms with E-state index in [9.17, 15) is 4.79 Å². The Morgan fingerprint density at radius 3 is 2.54 bits per heavy atom. The minimum Gasteiger partial charge on any atom is -0.497 e. The van der Waals surface area contributed by atoms with Gasteiger partial charge >= 0.3 is 0 Å². The van der Waals surface area contributed by atoms with Gasteiger partial charge in [-0.3, -0.25) is 10.1 Å². The molecule has 0 aliphatic carbocycles. The number of rotatable bonds is 8. The SMILES string of the molecule is CCOc1ccc(-c2nc(NC(=O)c3cc4cc(OC)ccc4oc3=Nc3cccc(C)c3)sc2CC)cc1. The molecule has 39 heavy (non-hydrogen) atoms. The van der Waals surface area contributed by atoms with E-state index in [1.165, 1.54) is 11.3 Å². The van der Waals surface area contributed by atoms with Crippen LogP contribution in [0.25, 0.3) is 22.2 Å². The molecule has 0 saturated carbocycles. The molecular formula is C31H29N3O4S. The highest BCUT2D eigenvalue weighted by molar-refractivity contribution is 7.16. The van der Waals surface area contributed by atoms with Crippen molar-refractivity contribution in [1.82, 2.24) is 4.98 Å². The van der Waals surface area contributed by atoms with Crippen LogP contribution in [0, 0.1) is 6.92 Å². The third-order valence-electron chi connectivity index (χ3n) is 6.11. The number of benzene rings is 3. The maximum atomic E-state index is 13.6. The average Bonchev–Trinajstić information content (AvgIpc) is 3.35. The van der Waals surface area contributed by atoms with Gasteiger partial charge in [-0.25, -0.2) is 9.98 Å². The Morgan fingerprint density at radius 2 is 1.82 bits per heavy atom. The van der Waals surface area contributed by atoms with Crippen LogP contribution in [0.5, 0.6) is 11.5 Å². The van der Waals surface area contributed by atoms with Crippen LogP contribution in [0.2, 0.25) is 0 Å². The number of ether oxygens (including phenoxy) is 2. The quantitative estimate of drug-likeness (QED) is 0.223. The van der Waals surface area contributed by atoms with Crippen LogP contribution in [-0.2, 0) is 6.42 Å². The van der Waals surface area contributed by atoms with Gasteiger partial charge < -0.3 is 13.9 Å². The molecule has 198 valence electrons. The molecule has 3 aromatic carbocycles. The van der Waals surface area contributed by atoms with E-state index in [0.29, 0.717) is 34.3 Å². The molecule has 5 aromatic rings. The minimum atomic E-state index is -0.357. The molecule has 0 radical (unpaired) electrons. The number of fused-ring (bicyclic) bond motifs is 1. The monoisotopic (exact) mass is 539 g/mol. The van der Waals surface area contributed by atoms with Gasteiger partial charge in [-0.05, 0) is 86.5 Å². The highest BCUT2D eigenvalue weighted by Gasteiger charge is 2.18. The van der Waals surface area contributed by atoms with Crippen molar-refractivity contribution in [2.45, 2.75) is 27.2 Å². The van der Waals surface area contributed by atoms with Gasteiger partial charge in [0.2, 0.25) is 5.55 Å². The van der Waals surface area contributed by atoms with E-state index in [1.54, 1.807) is 13.2 Å². The van der Waals surface area contributed by atoms with Gasteiger partial charge in [-0.15, -0.1) is 11.3 Å². The lowest BCUT2D eigenvalue weighted by Gasteiger charge is -2.07. The third kappa shape index (κ3) is 5.86. The normalized spacial score (nSPS) is 11.5. The van der Waals surface area contributed by atoms with E-state index in [1.807, 2.05) is 80.6 Å². The number of anilines is 1. The second-order valence-corrected chi connectivity index (χ2v) is 9.96. The van der Waals surface area contributed by atoms with Crippen LogP contribution < -0.4 is 20.3 Å². The number of hydrogen-bond acceptors (Lipinski definition) is 7. The third-order valence-corrected chi connectivity index (χ3v) is 7.22. The molecule has 0 fully saturated rings. The van der Waals surface area contributed by atoms with Crippen molar-refractivity contribution in [2.75, 3.05) is 19.0 Å². The zero-order valence-corrected chi connectivity index (χ0v) is 23.1. The van der Waals surface area contributed by atoms with Crippen LogP contribution in [0.4, 0.5) is 10.8 Å². The molecule has 0 aliphatic rings. The summed E-state index contributed by atoms with van der Waals surface area (Å²) < 4.78 is 17.1. The summed E-state index contributed by atoms with van der Waals surface area (Å²) in [5.41, 5.74) is 4.68. The van der Waals surface area contributed by atoms with Crippen molar-refractivity contribution in [3.05, 3.63) is 94.4 Å². The standard InChI is InChI=1S/C31H29N3O4S/c1-5-27-28(20-10-12-23(13-11-20)37-6-2)33-31(39-27)34-29(35)25-18-21-17-24(36-4)14-15-26(21)38-30(25)32-22-9-7-8-19(3)16-22/h7-18H,5-6H2,1-4H3,(H,33,34,35). The molecule has 0 bridgehead atoms. The number of hydrogen-bond donors (Lipinski definition) is 1. The van der Waals surface area contributed by atoms with Crippen molar-refractivity contribution in [3.63, 3.8) is 0 Å². The molecule has 0 saturated heterocycles. The van der Waals surface area contributed by atoms with Crippen LogP contribution in [0.3, 0.4) is 0 Å². The molecule has 0 spiro atoms. The van der Waals surface area contributed by atoms with Gasteiger partial charge in [0.1, 0.15) is 22.6 Å². The lowest BCUT2D eigenvalue weighted by molar-refractivity contribution is 0.102. The largest absolute Gasteiger partial charge is 0.497 e. The summed E-state index contributed by atoms with van der Waals surface area (Å²) in [5, 5.41) is 4.21. The van der Waals surface area contributed by atoms with E-state index in [2.05, 4.69) is 17.2 Å². The smallest absolute Gasteiger partial charge is 0.262 e. The molecule has 0 atom stereocenters. The van der Waals surface area contributed by atoms with Crippen molar-refractivity contribution in [2.24, 2.45) is 4.99 Å². The van der Waals surface area contributed by atoms with Crippen molar-refractivity contribution in [3.8, 4) is 22.8 Å². The number of thiazole rings is 1. The minimum absolute atomic E-state index is 0.217. The predicted molar refractivity (Wildman–Crippen MR) is 155 cm³/mol. The Balaban J connectivity index is 1.54. The molecule has 8 heteroatoms. The maximum absolute atomic E-state index is 13.6. The molecule has 1 amide bonds. The maximum Gasteiger partial charge on any atom is 0.262 e. The van der Waals surface area contributed by atoms with Gasteiger partial charge in [0.15, 0.2) is 5.13 Å². The molecule has 0 aliphatic heterocycles. The summed E-state index contributed by atoms with van der Waals surface area (Å²) in [6, 6.07) is 22.8. The molecular weight excluding hydrogens is 510 g/mol. The molecule has 1 N–H and O–H groups in total. The number of carbonyl (C=O) groups excluding carboxylic acids is 1. The van der Waals surface area contributed by atoms with Crippen LogP contribution in [0.1, 0.15) is 34.6 Å². The van der Waals surface area contributed by atoms with Gasteiger partial charge in [0, 0.05) is 15.8 Å². The molecule has 0 unspecified atom stereocenters. The van der Waals surface area contributed by atoms with E-state index in [-0.39, 0.29) is 11.5 Å². The lowest BCUT2D eigenvalue weighted by atomic mass is 10.1. The Kier molecular flexibility index (Phi) is 7.74. The molecule has 2 heterocycles. The van der Waals surface area contributed by atoms with E-state index < -0.39 is 0 Å². The lowest BCUT2D eigenvalue weighted by Crippen LogP contribution is -2.21. The predicted octanol–water partition coefficient (Wildman–Crippen LogP) is 7.32. The Hall–Kier alpha value is -4.43. The zero-order valence-electron chi connectivity index (χ0n) is 22.3. The fourth-order valence-corrected chi connectivity index (χ4v) is 5.13. The van der Waals surface area contributed by atoms with Gasteiger partial charge in [0.25, 0.3) is 5.91 Å². The topological polar surface area (TPSA) is 86.0 Å². The fraction of sp³-hybridized carbons (Fsp3) is 0.194. The number of carbonyl (C=O) groups is 1. The first kappa shape index (κ1) is 26.2. The zero-order chi connectivity index (χ0) is 27.4. The van der Waals surface area contributed by atoms with Gasteiger partial charge in [0.05, 0.1) is 25.1 Å². The van der Waals surface area contributed by atoms with E-state index in [0.717, 1.165) is 39.3 Å². The molecule has 7 nitrogen and oxygen atoms in total. The average molecular weight is 540 g/mol. The summed E-state index contributed by atoms with van der Waals surface area (Å²) in [4.78, 5) is 24.2. The first-order valence-corrected chi connectivity index (χ1v) is 13.6. The molecule has 5 rings (SSSR count). The highest BCUT2D eigenvalue weighted by atomic mass is 32.1. The first-order chi connectivity index (χ1) is 19.0. The van der Waals surface area contributed by atoms with E-state index in [4.69, 9.17) is 18.9 Å². The Morgan fingerprint density at radius 1 is 1.03 bits per heavy atom. The van der Waals surface area contributed by atoms with Gasteiger partial charge in [-0.2, -0.15) is 0 Å². The number of amides is 1. The Bertz CT molecular complexity index is 1700. The number of nitrogens with one attached hydrogen (secondary N) is 1. The second kappa shape index (κ2) is 11.5. The number of methoxy groups -OCH3 is 1. The van der Waals surface area contributed by atoms with Crippen molar-refractivity contribution in [1.29, 1.82) is 0 Å². The van der Waals surface area contributed by atoms with Crippen molar-refractivity contribution >= 4 is 39.0 Å². The summed E-state index contributed by atoms with van der Waals surface area (Å²) in [5.74, 6) is 1.12. The summed E-state index contributed by atoms with van der Waals surface area (Å²) in [6.07, 6.45) is 0.787. The molecule has 2 aromatic heterocycles. The van der Waals surface area contributed by atoms with Crippen LogP contribution in [-0.4, -0.2) is 24.6 Å². The number of nitrogens with zero attached hydrogens (tertiary/aromatic N) is 2. The van der Waals surface area contributed by atoms with E-state index >= 15 is 0 Å². The number of aryl methyl sites for hydroxylation is 2. The summed E-state index contributed by atoms with van der Waals surface area (Å²) in [6.45, 7) is 6.63. The van der Waals surface area contributed by atoms with Crippen molar-refractivity contribution < 1.29 is 18.7 Å². The summed E-state index contributed by atoms with van der Waals surface area (Å²) >= 11 is 1.46. The second-order valence-electron chi connectivity index (χ2n) is 8.88. The number of aromatic nitrogens is 1. The summed E-state index contributed by atoms with van der Waals surface area (Å²) in [7, 11) is 1.60. The fourth-order valence-electron chi connectivity index (χ4n) is 4.21. The Labute approximate surface area is 230 Å². The van der Waals surface area contributed by atoms with Crippen LogP contribution in [0.15, 0.2) is 82.2 Å². The first-order valence-electron chi connectivity index (χ1n) is 12.7. The van der Waals surface area contributed by atoms with Crippen LogP contribution >= 0.6 is 11.3 Å².